The summed E-state index contributed by atoms with van der Waals surface area (Å²) in [6.07, 6.45) is 4.79. The lowest BCUT2D eigenvalue weighted by Gasteiger charge is -2.44. The highest BCUT2D eigenvalue weighted by Crippen LogP contribution is 2.63. The zero-order chi connectivity index (χ0) is 16.5. The normalized spacial score (nSPS) is 45.2. The molecule has 3 heteroatoms. The van der Waals surface area contributed by atoms with E-state index in [0.29, 0.717) is 35.6 Å². The molecule has 22 heavy (non-hydrogen) atoms. The van der Waals surface area contributed by atoms with Gasteiger partial charge in [0.05, 0.1) is 0 Å². The van der Waals surface area contributed by atoms with Crippen LogP contribution in [0.1, 0.15) is 60.3 Å². The van der Waals surface area contributed by atoms with Crippen LogP contribution in [-0.2, 0) is 9.22 Å². The quantitative estimate of drug-likeness (QED) is 0.666. The van der Waals surface area contributed by atoms with Crippen molar-refractivity contribution in [3.63, 3.8) is 0 Å². The maximum absolute atomic E-state index is 12.4. The summed E-state index contributed by atoms with van der Waals surface area (Å²) in [6, 6.07) is 0. The highest BCUT2D eigenvalue weighted by atomic mass is 28.4. The molecular weight excluding hydrogens is 288 g/mol. The van der Waals surface area contributed by atoms with Gasteiger partial charge in [0, 0.05) is 18.4 Å². The van der Waals surface area contributed by atoms with Gasteiger partial charge in [-0.15, -0.1) is 0 Å². The number of Topliss-reactive ketones (excluding diaryl/α,β-unsaturated/α-hetero) is 1. The number of rotatable bonds is 2. The van der Waals surface area contributed by atoms with E-state index in [1.807, 2.05) is 0 Å². The van der Waals surface area contributed by atoms with Gasteiger partial charge in [0.15, 0.2) is 8.32 Å². The Hall–Kier alpha value is -0.153. The number of hydrogen-bond donors (Lipinski definition) is 0. The van der Waals surface area contributed by atoms with Crippen LogP contribution < -0.4 is 0 Å². The van der Waals surface area contributed by atoms with Crippen molar-refractivity contribution in [3.8, 4) is 0 Å². The van der Waals surface area contributed by atoms with E-state index in [-0.39, 0.29) is 10.5 Å². The third kappa shape index (κ3) is 2.43. The van der Waals surface area contributed by atoms with Gasteiger partial charge in [-0.05, 0) is 60.6 Å². The van der Waals surface area contributed by atoms with Crippen LogP contribution in [0.15, 0.2) is 0 Å². The molecule has 0 spiro atoms. The molecule has 0 radical (unpaired) electrons. The van der Waals surface area contributed by atoms with Gasteiger partial charge in [-0.2, -0.15) is 0 Å². The number of carbonyl (C=O) groups is 1. The summed E-state index contributed by atoms with van der Waals surface area (Å²) in [5.41, 5.74) is 0.211. The van der Waals surface area contributed by atoms with E-state index in [2.05, 4.69) is 47.7 Å². The second-order valence-electron chi connectivity index (χ2n) is 10.3. The Kier molecular flexibility index (Phi) is 3.74. The van der Waals surface area contributed by atoms with Crippen LogP contribution in [0.4, 0.5) is 0 Å². The Labute approximate surface area is 137 Å². The largest absolute Gasteiger partial charge is 0.414 e. The van der Waals surface area contributed by atoms with Crippen molar-refractivity contribution in [2.75, 3.05) is 0 Å². The first-order valence-electron chi connectivity index (χ1n) is 9.15. The van der Waals surface area contributed by atoms with Crippen molar-refractivity contribution in [1.29, 1.82) is 0 Å². The highest BCUT2D eigenvalue weighted by Gasteiger charge is 2.61. The summed E-state index contributed by atoms with van der Waals surface area (Å²) < 4.78 is 6.82. The average Bonchev–Trinajstić information content (AvgIpc) is 2.71. The van der Waals surface area contributed by atoms with E-state index in [4.69, 9.17) is 4.43 Å². The lowest BCUT2D eigenvalue weighted by molar-refractivity contribution is -0.126. The molecule has 0 aromatic heterocycles. The molecular formula is C19H34O2Si. The first-order chi connectivity index (χ1) is 9.95. The van der Waals surface area contributed by atoms with E-state index in [1.165, 1.54) is 12.8 Å². The third-order valence-corrected chi connectivity index (χ3v) is 12.0. The van der Waals surface area contributed by atoms with Crippen molar-refractivity contribution >= 4 is 14.1 Å². The minimum atomic E-state index is -1.74. The summed E-state index contributed by atoms with van der Waals surface area (Å²) in [4.78, 5) is 12.4. The second-order valence-corrected chi connectivity index (χ2v) is 15.0. The average molecular weight is 323 g/mol. The maximum Gasteiger partial charge on any atom is 0.192 e. The lowest BCUT2D eigenvalue weighted by atomic mass is 9.70. The van der Waals surface area contributed by atoms with Crippen molar-refractivity contribution in [3.05, 3.63) is 0 Å². The van der Waals surface area contributed by atoms with Gasteiger partial charge in [-0.1, -0.05) is 34.6 Å². The standard InChI is InChI=1S/C19H34O2Si/c1-12-8-14-13-9-15(20)17(14)19(5,10-13)11-16(12)21-22(6,7)18(2,3)4/h12-14,16-17H,8-11H2,1-7H3/t12-,13+,14+,16-,17-,19-/m0/s1. The highest BCUT2D eigenvalue weighted by molar-refractivity contribution is 6.74. The smallest absolute Gasteiger partial charge is 0.192 e. The molecule has 0 aliphatic heterocycles. The summed E-state index contributed by atoms with van der Waals surface area (Å²) in [6.45, 7) is 16.4. The lowest BCUT2D eigenvalue weighted by Crippen LogP contribution is -2.47. The fourth-order valence-electron chi connectivity index (χ4n) is 5.40. The topological polar surface area (TPSA) is 26.3 Å². The van der Waals surface area contributed by atoms with Gasteiger partial charge >= 0.3 is 0 Å². The van der Waals surface area contributed by atoms with Gasteiger partial charge in [-0.25, -0.2) is 0 Å². The minimum absolute atomic E-state index is 0.211. The molecule has 0 aromatic rings. The van der Waals surface area contributed by atoms with E-state index >= 15 is 0 Å². The molecule has 0 heterocycles. The fraction of sp³-hybridized carbons (Fsp3) is 0.947. The van der Waals surface area contributed by atoms with E-state index in [9.17, 15) is 4.79 Å². The Morgan fingerprint density at radius 3 is 2.45 bits per heavy atom. The monoisotopic (exact) mass is 322 g/mol. The summed E-state index contributed by atoms with van der Waals surface area (Å²) in [5, 5.41) is 0.258. The predicted octanol–water partition coefficient (Wildman–Crippen LogP) is 5.04. The van der Waals surface area contributed by atoms with Gasteiger partial charge in [0.2, 0.25) is 0 Å². The van der Waals surface area contributed by atoms with Gasteiger partial charge in [0.1, 0.15) is 5.78 Å². The van der Waals surface area contributed by atoms with Crippen LogP contribution >= 0.6 is 0 Å². The molecule has 126 valence electrons. The number of ketones is 1. The Morgan fingerprint density at radius 2 is 1.86 bits per heavy atom. The van der Waals surface area contributed by atoms with E-state index in [1.54, 1.807) is 0 Å². The maximum atomic E-state index is 12.4. The molecule has 2 nitrogen and oxygen atoms in total. The van der Waals surface area contributed by atoms with Crippen molar-refractivity contribution in [2.24, 2.45) is 29.1 Å². The van der Waals surface area contributed by atoms with Crippen LogP contribution in [0.2, 0.25) is 18.1 Å². The Bertz CT molecular complexity index is 478. The molecule has 0 amide bonds. The molecule has 6 atom stereocenters. The SMILES string of the molecule is C[C@H]1C[C@@H]2[C@@H]3CC(=O)[C@H]2[C@@](C)(C3)C[C@@H]1O[Si](C)(C)C(C)(C)C. The predicted molar refractivity (Wildman–Crippen MR) is 93.3 cm³/mol. The molecule has 3 aliphatic carbocycles. The zero-order valence-corrected chi connectivity index (χ0v) is 16.5. The Balaban J connectivity index is 1.83. The number of carbonyl (C=O) groups excluding carboxylic acids is 1. The summed E-state index contributed by atoms with van der Waals surface area (Å²) in [7, 11) is -1.74. The fourth-order valence-corrected chi connectivity index (χ4v) is 6.82. The minimum Gasteiger partial charge on any atom is -0.414 e. The van der Waals surface area contributed by atoms with Crippen molar-refractivity contribution in [1.82, 2.24) is 0 Å². The molecule has 4 bridgehead atoms. The first-order valence-corrected chi connectivity index (χ1v) is 12.1. The molecule has 3 rings (SSSR count). The van der Waals surface area contributed by atoms with E-state index < -0.39 is 8.32 Å². The summed E-state index contributed by atoms with van der Waals surface area (Å²) >= 11 is 0. The van der Waals surface area contributed by atoms with E-state index in [0.717, 1.165) is 12.8 Å². The molecule has 0 saturated heterocycles. The number of hydrogen-bond acceptors (Lipinski definition) is 2. The zero-order valence-electron chi connectivity index (χ0n) is 15.5. The third-order valence-electron chi connectivity index (χ3n) is 7.52. The van der Waals surface area contributed by atoms with Crippen molar-refractivity contribution < 1.29 is 9.22 Å². The van der Waals surface area contributed by atoms with Crippen molar-refractivity contribution in [2.45, 2.75) is 84.5 Å². The first kappa shape index (κ1) is 16.7. The Morgan fingerprint density at radius 1 is 1.23 bits per heavy atom. The van der Waals surface area contributed by atoms with Crippen LogP contribution in [0, 0.1) is 29.1 Å². The molecule has 3 fully saturated rings. The molecule has 0 unspecified atom stereocenters. The molecule has 0 aromatic carbocycles. The second kappa shape index (κ2) is 4.92. The molecule has 0 N–H and O–H groups in total. The van der Waals surface area contributed by atoms with Crippen LogP contribution in [-0.4, -0.2) is 20.2 Å². The molecule has 3 saturated carbocycles. The van der Waals surface area contributed by atoms with Gasteiger partial charge < -0.3 is 4.43 Å². The van der Waals surface area contributed by atoms with Crippen LogP contribution in [0.3, 0.4) is 0 Å². The molecule has 3 aliphatic rings. The van der Waals surface area contributed by atoms with Gasteiger partial charge in [0.25, 0.3) is 0 Å². The van der Waals surface area contributed by atoms with Crippen LogP contribution in [0.25, 0.3) is 0 Å². The summed E-state index contributed by atoms with van der Waals surface area (Å²) in [5.74, 6) is 2.83. The van der Waals surface area contributed by atoms with Crippen LogP contribution in [0.5, 0.6) is 0 Å². The van der Waals surface area contributed by atoms with Gasteiger partial charge in [-0.3, -0.25) is 4.79 Å².